The average molecular weight is 585 g/mol. The lowest BCUT2D eigenvalue weighted by Gasteiger charge is -2.26. The van der Waals surface area contributed by atoms with E-state index in [1.165, 1.54) is 0 Å². The van der Waals surface area contributed by atoms with E-state index >= 15 is 0 Å². The number of nitrogens with zero attached hydrogens (tertiary/aromatic N) is 4. The molecule has 3 N–H and O–H groups in total. The summed E-state index contributed by atoms with van der Waals surface area (Å²) in [7, 11) is -3.71. The van der Waals surface area contributed by atoms with Crippen LogP contribution < -0.4 is 15.6 Å². The van der Waals surface area contributed by atoms with E-state index in [1.807, 2.05) is 49.4 Å². The molecule has 0 bridgehead atoms. The molecular weight excluding hydrogens is 547 g/mol. The van der Waals surface area contributed by atoms with Crippen molar-refractivity contribution in [1.29, 1.82) is 0 Å². The molecule has 0 radical (unpaired) electrons. The number of nitrogens with one attached hydrogen (secondary N) is 1. The zero-order chi connectivity index (χ0) is 29.1. The minimum atomic E-state index is -3.71. The summed E-state index contributed by atoms with van der Waals surface area (Å²) in [6, 6.07) is 8.56. The van der Waals surface area contributed by atoms with E-state index in [-0.39, 0.29) is 31.9 Å². The van der Waals surface area contributed by atoms with Crippen LogP contribution in [0.2, 0.25) is 0 Å². The number of rotatable bonds is 16. The van der Waals surface area contributed by atoms with Crippen molar-refractivity contribution in [2.45, 2.75) is 52.1 Å². The molecule has 1 aliphatic rings. The Morgan fingerprint density at radius 1 is 1.20 bits per heavy atom. The second-order valence-electron chi connectivity index (χ2n) is 9.37. The van der Waals surface area contributed by atoms with Crippen molar-refractivity contribution in [3.05, 3.63) is 66.2 Å². The van der Waals surface area contributed by atoms with Gasteiger partial charge < -0.3 is 29.0 Å². The maximum atomic E-state index is 14.2. The Balaban J connectivity index is 1.47. The van der Waals surface area contributed by atoms with Crippen molar-refractivity contribution in [2.75, 3.05) is 31.9 Å². The van der Waals surface area contributed by atoms with Crippen molar-refractivity contribution in [3.8, 4) is 5.88 Å². The second kappa shape index (κ2) is 14.8. The summed E-state index contributed by atoms with van der Waals surface area (Å²) in [6.45, 7) is 4.91. The summed E-state index contributed by atoms with van der Waals surface area (Å²) in [6.07, 6.45) is 9.40. The van der Waals surface area contributed by atoms with Crippen LogP contribution in [0, 0.1) is 0 Å². The Morgan fingerprint density at radius 3 is 2.76 bits per heavy atom. The molecule has 2 heterocycles. The maximum absolute atomic E-state index is 14.2. The fourth-order valence-electron chi connectivity index (χ4n) is 4.19. The third-order valence-electron chi connectivity index (χ3n) is 6.08. The van der Waals surface area contributed by atoms with E-state index < -0.39 is 19.5 Å². The van der Waals surface area contributed by atoms with E-state index in [4.69, 9.17) is 24.5 Å². The standard InChI is InChI=1S/C28H37N6O6P/c1-3-16-39-26-24-25(31-28(29)32-26)34(19-30-24)15-17-37-20-41(36,40-22-13-9-6-10-14-22)33-23(27(35)38-4-2)18-21-11-7-5-8-12-21/h5-9,11-13,19,23H,3-4,10,14-18,20H2,1-2H3,(H,33,36)(H2,29,31,32)/t23-,41?/m0/s1. The van der Waals surface area contributed by atoms with Crippen LogP contribution in [0.25, 0.3) is 11.2 Å². The highest BCUT2D eigenvalue weighted by Gasteiger charge is 2.34. The van der Waals surface area contributed by atoms with E-state index in [1.54, 1.807) is 23.9 Å². The number of benzene rings is 1. The zero-order valence-electron chi connectivity index (χ0n) is 23.4. The van der Waals surface area contributed by atoms with Crippen LogP contribution in [-0.2, 0) is 36.3 Å². The molecule has 0 spiro atoms. The molecule has 12 nitrogen and oxygen atoms in total. The smallest absolute Gasteiger partial charge is 0.342 e. The molecular formula is C28H37N6O6P. The Hall–Kier alpha value is -3.73. The van der Waals surface area contributed by atoms with Gasteiger partial charge >= 0.3 is 13.5 Å². The lowest BCUT2D eigenvalue weighted by Crippen LogP contribution is -2.39. The summed E-state index contributed by atoms with van der Waals surface area (Å²) in [5.74, 6) is 0.448. The first kappa shape index (κ1) is 30.2. The zero-order valence-corrected chi connectivity index (χ0v) is 24.3. The molecule has 0 saturated carbocycles. The van der Waals surface area contributed by atoms with Gasteiger partial charge in [0.2, 0.25) is 11.8 Å². The Bertz CT molecular complexity index is 1410. The fourth-order valence-corrected chi connectivity index (χ4v) is 5.94. The van der Waals surface area contributed by atoms with Crippen molar-refractivity contribution < 1.29 is 28.1 Å². The lowest BCUT2D eigenvalue weighted by atomic mass is 10.1. The Labute approximate surface area is 239 Å². The third-order valence-corrected chi connectivity index (χ3v) is 7.83. The maximum Gasteiger partial charge on any atom is 0.342 e. The van der Waals surface area contributed by atoms with Crippen LogP contribution in [0.5, 0.6) is 5.88 Å². The fraction of sp³-hybridized carbons (Fsp3) is 0.429. The van der Waals surface area contributed by atoms with E-state index in [2.05, 4.69) is 20.0 Å². The van der Waals surface area contributed by atoms with Crippen LogP contribution in [0.15, 0.2) is 60.6 Å². The second-order valence-corrected chi connectivity index (χ2v) is 11.4. The van der Waals surface area contributed by atoms with Gasteiger partial charge in [-0.2, -0.15) is 9.97 Å². The van der Waals surface area contributed by atoms with Crippen LogP contribution >= 0.6 is 7.52 Å². The van der Waals surface area contributed by atoms with E-state index in [0.717, 1.165) is 18.4 Å². The summed E-state index contributed by atoms with van der Waals surface area (Å²) in [4.78, 5) is 25.7. The van der Waals surface area contributed by atoms with Crippen LogP contribution in [0.1, 0.15) is 38.7 Å². The van der Waals surface area contributed by atoms with Crippen LogP contribution in [0.4, 0.5) is 5.95 Å². The molecule has 0 saturated heterocycles. The Morgan fingerprint density at radius 2 is 2.02 bits per heavy atom. The molecule has 4 rings (SSSR count). The van der Waals surface area contributed by atoms with Gasteiger partial charge in [-0.15, -0.1) is 0 Å². The van der Waals surface area contributed by atoms with Crippen LogP contribution in [-0.4, -0.2) is 57.7 Å². The first-order valence-corrected chi connectivity index (χ1v) is 15.5. The molecule has 0 amide bonds. The minimum absolute atomic E-state index is 0.0756. The minimum Gasteiger partial charge on any atom is -0.476 e. The topological polar surface area (TPSA) is 153 Å². The van der Waals surface area contributed by atoms with E-state index in [0.29, 0.717) is 42.4 Å². The van der Waals surface area contributed by atoms with Crippen molar-refractivity contribution in [2.24, 2.45) is 0 Å². The first-order valence-electron chi connectivity index (χ1n) is 13.7. The first-order chi connectivity index (χ1) is 19.9. The number of anilines is 1. The Kier molecular flexibility index (Phi) is 10.9. The molecule has 1 aliphatic carbocycles. The number of carbonyl (C=O) groups excluding carboxylic acids is 1. The highest BCUT2D eigenvalue weighted by atomic mass is 31.2. The largest absolute Gasteiger partial charge is 0.476 e. The van der Waals surface area contributed by atoms with E-state index in [9.17, 15) is 9.36 Å². The number of aromatic nitrogens is 4. The highest BCUT2D eigenvalue weighted by Crippen LogP contribution is 2.47. The van der Waals surface area contributed by atoms with Crippen molar-refractivity contribution in [1.82, 2.24) is 24.6 Å². The van der Waals surface area contributed by atoms with Crippen molar-refractivity contribution >= 4 is 30.6 Å². The molecule has 1 aromatic carbocycles. The van der Waals surface area contributed by atoms with Gasteiger partial charge in [0, 0.05) is 13.0 Å². The molecule has 41 heavy (non-hydrogen) atoms. The molecule has 13 heteroatoms. The number of ether oxygens (including phenoxy) is 3. The molecule has 2 aromatic heterocycles. The number of nitrogens with two attached hydrogens (primary N) is 1. The summed E-state index contributed by atoms with van der Waals surface area (Å²) >= 11 is 0. The number of imidazole rings is 1. The number of allylic oxidation sites excluding steroid dienone is 4. The number of nitrogen functional groups attached to an aromatic ring is 1. The summed E-state index contributed by atoms with van der Waals surface area (Å²) in [5, 5.41) is 2.96. The average Bonchev–Trinajstić information content (AvgIpc) is 3.37. The van der Waals surface area contributed by atoms with Crippen LogP contribution in [0.3, 0.4) is 0 Å². The SMILES string of the molecule is CCCOc1nc(N)nc2c1ncn2CCOCP(=O)(N[C@@H](Cc1ccccc1)C(=O)OCC)OC1=CC=CCC1. The normalized spacial score (nSPS) is 15.2. The van der Waals surface area contributed by atoms with Gasteiger partial charge in [-0.1, -0.05) is 49.4 Å². The predicted octanol–water partition coefficient (Wildman–Crippen LogP) is 4.38. The lowest BCUT2D eigenvalue weighted by molar-refractivity contribution is -0.145. The molecule has 1 unspecified atom stereocenters. The molecule has 3 aromatic rings. The third kappa shape index (κ3) is 8.63. The van der Waals surface area contributed by atoms with Gasteiger partial charge in [-0.25, -0.2) is 10.1 Å². The highest BCUT2D eigenvalue weighted by molar-refractivity contribution is 7.56. The molecule has 0 fully saturated rings. The van der Waals surface area contributed by atoms with Gasteiger partial charge in [-0.3, -0.25) is 9.36 Å². The summed E-state index contributed by atoms with van der Waals surface area (Å²) < 4.78 is 38.7. The van der Waals surface area contributed by atoms with Crippen molar-refractivity contribution in [3.63, 3.8) is 0 Å². The number of esters is 1. The molecule has 220 valence electrons. The molecule has 0 aliphatic heterocycles. The number of hydrogen-bond acceptors (Lipinski definition) is 10. The van der Waals surface area contributed by atoms with Gasteiger partial charge in [0.05, 0.1) is 26.1 Å². The number of carbonyl (C=O) groups is 1. The predicted molar refractivity (Wildman–Crippen MR) is 155 cm³/mol. The molecule has 2 atom stereocenters. The van der Waals surface area contributed by atoms with Gasteiger partial charge in [0.15, 0.2) is 11.2 Å². The summed E-state index contributed by atoms with van der Waals surface area (Å²) in [5.41, 5.74) is 7.79. The van der Waals surface area contributed by atoms with Gasteiger partial charge in [-0.05, 0) is 37.8 Å². The monoisotopic (exact) mass is 584 g/mol. The number of hydrogen-bond donors (Lipinski definition) is 2. The number of fused-ring (bicyclic) bond motifs is 1. The quantitative estimate of drug-likeness (QED) is 0.140. The van der Waals surface area contributed by atoms with Gasteiger partial charge in [0.25, 0.3) is 0 Å². The van der Waals surface area contributed by atoms with Gasteiger partial charge in [0.1, 0.15) is 18.1 Å².